The van der Waals surface area contributed by atoms with Crippen molar-refractivity contribution in [3.8, 4) is 5.75 Å². The van der Waals surface area contributed by atoms with Crippen molar-refractivity contribution in [2.75, 3.05) is 12.4 Å². The highest BCUT2D eigenvalue weighted by Crippen LogP contribution is 2.16. The maximum Gasteiger partial charge on any atom is 0.319 e. The van der Waals surface area contributed by atoms with Crippen molar-refractivity contribution >= 4 is 28.4 Å². The van der Waals surface area contributed by atoms with E-state index in [0.717, 1.165) is 11.1 Å². The van der Waals surface area contributed by atoms with Crippen LogP contribution in [0.1, 0.15) is 17.5 Å². The average molecular weight is 381 g/mol. The molecule has 2 aromatic rings. The van der Waals surface area contributed by atoms with Crippen LogP contribution in [-0.4, -0.2) is 32.9 Å². The summed E-state index contributed by atoms with van der Waals surface area (Å²) in [5, 5.41) is 9.08. The Balaban J connectivity index is 1.83. The number of hydrogen-bond donors (Lipinski definition) is 1. The molecule has 0 aromatic heterocycles. The van der Waals surface area contributed by atoms with Crippen LogP contribution in [0.5, 0.6) is 5.75 Å². The van der Waals surface area contributed by atoms with Gasteiger partial charge in [-0.2, -0.15) is 0 Å². The first-order valence-corrected chi connectivity index (χ1v) is 9.75. The van der Waals surface area contributed by atoms with E-state index in [4.69, 9.17) is 16.3 Å². The summed E-state index contributed by atoms with van der Waals surface area (Å²) in [6, 6.07) is 14.8. The highest BCUT2D eigenvalue weighted by atomic mass is 35.5. The van der Waals surface area contributed by atoms with Crippen LogP contribution in [0.25, 0.3) is 0 Å². The second kappa shape index (κ2) is 9.59. The number of carboxylic acid groups (broad SMARTS) is 1. The molecule has 0 radical (unpaired) electrons. The first-order chi connectivity index (χ1) is 12.0. The number of ether oxygens (including phenoxy) is 1. The van der Waals surface area contributed by atoms with Crippen molar-refractivity contribution in [3.63, 3.8) is 0 Å². The van der Waals surface area contributed by atoms with Gasteiger partial charge in [0.15, 0.2) is 0 Å². The van der Waals surface area contributed by atoms with E-state index in [1.54, 1.807) is 24.3 Å². The number of hydrogen-bond acceptors (Lipinski definition) is 3. The molecule has 134 valence electrons. The monoisotopic (exact) mass is 380 g/mol. The van der Waals surface area contributed by atoms with Crippen molar-refractivity contribution < 1.29 is 18.8 Å². The van der Waals surface area contributed by atoms with Gasteiger partial charge in [0, 0.05) is 15.8 Å². The van der Waals surface area contributed by atoms with Crippen LogP contribution in [0, 0.1) is 6.92 Å². The third-order valence-electron chi connectivity index (χ3n) is 3.78. The van der Waals surface area contributed by atoms with Crippen molar-refractivity contribution in [1.29, 1.82) is 0 Å². The van der Waals surface area contributed by atoms with Gasteiger partial charge in [0.1, 0.15) is 11.0 Å². The molecule has 0 saturated heterocycles. The third-order valence-corrected chi connectivity index (χ3v) is 5.67. The van der Waals surface area contributed by atoms with Gasteiger partial charge < -0.3 is 9.84 Å². The zero-order valence-corrected chi connectivity index (χ0v) is 15.6. The molecular weight excluding hydrogens is 360 g/mol. The summed E-state index contributed by atoms with van der Waals surface area (Å²) < 4.78 is 17.8. The maximum absolute atomic E-state index is 12.3. The number of benzene rings is 2. The van der Waals surface area contributed by atoms with Crippen molar-refractivity contribution in [1.82, 2.24) is 0 Å². The van der Waals surface area contributed by atoms with E-state index in [9.17, 15) is 14.1 Å². The maximum atomic E-state index is 12.3. The molecule has 0 fully saturated rings. The summed E-state index contributed by atoms with van der Waals surface area (Å²) in [6.45, 7) is 2.20. The van der Waals surface area contributed by atoms with Gasteiger partial charge in [0.2, 0.25) is 0 Å². The minimum Gasteiger partial charge on any atom is -0.493 e. The Morgan fingerprint density at radius 2 is 1.80 bits per heavy atom. The van der Waals surface area contributed by atoms with Gasteiger partial charge in [0.25, 0.3) is 0 Å². The number of carbonyl (C=O) groups is 1. The Hall–Kier alpha value is -1.85. The topological polar surface area (TPSA) is 63.6 Å². The van der Waals surface area contributed by atoms with E-state index in [1.807, 2.05) is 31.2 Å². The molecule has 2 aromatic carbocycles. The van der Waals surface area contributed by atoms with E-state index in [2.05, 4.69) is 0 Å². The molecule has 0 aliphatic carbocycles. The SMILES string of the molecule is Cc1ccc(CCC(C(=O)O)S(=O)CCOc2ccc(Cl)cc2)cc1. The highest BCUT2D eigenvalue weighted by molar-refractivity contribution is 7.86. The molecule has 0 spiro atoms. The Morgan fingerprint density at radius 3 is 2.40 bits per heavy atom. The molecule has 6 heteroatoms. The molecule has 2 atom stereocenters. The summed E-state index contributed by atoms with van der Waals surface area (Å²) in [7, 11) is -1.49. The van der Waals surface area contributed by atoms with Crippen LogP contribution in [0.2, 0.25) is 5.02 Å². The average Bonchev–Trinajstić information content (AvgIpc) is 2.58. The lowest BCUT2D eigenvalue weighted by Gasteiger charge is -2.13. The predicted octanol–water partition coefficient (Wildman–Crippen LogP) is 3.86. The fraction of sp³-hybridized carbons (Fsp3) is 0.316. The molecule has 0 aliphatic heterocycles. The number of aryl methyl sites for hydroxylation is 2. The quantitative estimate of drug-likeness (QED) is 0.717. The number of carboxylic acids is 1. The van der Waals surface area contributed by atoms with Gasteiger partial charge >= 0.3 is 5.97 Å². The van der Waals surface area contributed by atoms with Gasteiger partial charge in [-0.1, -0.05) is 41.4 Å². The Kier molecular flexibility index (Phi) is 7.47. The molecule has 0 amide bonds. The fourth-order valence-corrected chi connectivity index (χ4v) is 3.60. The molecule has 2 unspecified atom stereocenters. The molecular formula is C19H21ClO4S. The summed E-state index contributed by atoms with van der Waals surface area (Å²) in [6.07, 6.45) is 0.924. The lowest BCUT2D eigenvalue weighted by atomic mass is 10.1. The summed E-state index contributed by atoms with van der Waals surface area (Å²) in [4.78, 5) is 11.4. The van der Waals surface area contributed by atoms with E-state index in [0.29, 0.717) is 23.6 Å². The smallest absolute Gasteiger partial charge is 0.319 e. The van der Waals surface area contributed by atoms with Gasteiger partial charge in [0.05, 0.1) is 12.4 Å². The second-order valence-electron chi connectivity index (χ2n) is 5.74. The molecule has 4 nitrogen and oxygen atoms in total. The largest absolute Gasteiger partial charge is 0.493 e. The minimum atomic E-state index is -1.49. The first-order valence-electron chi connectivity index (χ1n) is 7.99. The number of halogens is 1. The first kappa shape index (κ1) is 19.5. The molecule has 0 aliphatic rings. The zero-order valence-electron chi connectivity index (χ0n) is 14.0. The van der Waals surface area contributed by atoms with Crippen molar-refractivity contribution in [2.24, 2.45) is 0 Å². The summed E-state index contributed by atoms with van der Waals surface area (Å²) in [5.74, 6) is -0.238. The Morgan fingerprint density at radius 1 is 1.16 bits per heavy atom. The van der Waals surface area contributed by atoms with E-state index >= 15 is 0 Å². The van der Waals surface area contributed by atoms with Crippen molar-refractivity contribution in [3.05, 3.63) is 64.7 Å². The van der Waals surface area contributed by atoms with E-state index in [1.165, 1.54) is 0 Å². The van der Waals surface area contributed by atoms with Crippen molar-refractivity contribution in [2.45, 2.75) is 25.0 Å². The molecule has 0 saturated carbocycles. The number of aliphatic carboxylic acids is 1. The predicted molar refractivity (Wildman–Crippen MR) is 101 cm³/mol. The summed E-state index contributed by atoms with van der Waals surface area (Å²) >= 11 is 5.80. The lowest BCUT2D eigenvalue weighted by Crippen LogP contribution is -2.29. The van der Waals surface area contributed by atoms with Crippen LogP contribution in [0.4, 0.5) is 0 Å². The normalized spacial score (nSPS) is 13.2. The van der Waals surface area contributed by atoms with Gasteiger partial charge in [-0.15, -0.1) is 0 Å². The molecule has 25 heavy (non-hydrogen) atoms. The van der Waals surface area contributed by atoms with Gasteiger partial charge in [-0.25, -0.2) is 0 Å². The molecule has 2 rings (SSSR count). The zero-order chi connectivity index (χ0) is 18.2. The van der Waals surface area contributed by atoms with Crippen LogP contribution in [0.3, 0.4) is 0 Å². The molecule has 0 heterocycles. The second-order valence-corrected chi connectivity index (χ2v) is 7.91. The minimum absolute atomic E-state index is 0.174. The standard InChI is InChI=1S/C19H21ClO4S/c1-14-2-4-15(5-3-14)6-11-18(19(21)22)25(23)13-12-24-17-9-7-16(20)8-10-17/h2-5,7-10,18H,6,11-13H2,1H3,(H,21,22). The Labute approximate surface area is 155 Å². The molecule has 1 N–H and O–H groups in total. The van der Waals surface area contributed by atoms with Gasteiger partial charge in [-0.05, 0) is 49.6 Å². The summed E-state index contributed by atoms with van der Waals surface area (Å²) in [5.41, 5.74) is 2.20. The fourth-order valence-electron chi connectivity index (χ4n) is 2.33. The highest BCUT2D eigenvalue weighted by Gasteiger charge is 2.24. The van der Waals surface area contributed by atoms with Gasteiger partial charge in [-0.3, -0.25) is 9.00 Å². The van der Waals surface area contributed by atoms with Crippen LogP contribution in [0.15, 0.2) is 48.5 Å². The number of rotatable bonds is 9. The van der Waals surface area contributed by atoms with Crippen LogP contribution >= 0.6 is 11.6 Å². The van der Waals surface area contributed by atoms with Crippen LogP contribution in [-0.2, 0) is 22.0 Å². The lowest BCUT2D eigenvalue weighted by molar-refractivity contribution is -0.136. The van der Waals surface area contributed by atoms with E-state index in [-0.39, 0.29) is 12.4 Å². The molecule has 0 bridgehead atoms. The third kappa shape index (κ3) is 6.52. The van der Waals surface area contributed by atoms with E-state index < -0.39 is 22.0 Å². The van der Waals surface area contributed by atoms with Crippen LogP contribution < -0.4 is 4.74 Å². The Bertz CT molecular complexity index is 713.